The second-order valence-electron chi connectivity index (χ2n) is 10.4. The minimum atomic E-state index is -0.438. The maximum absolute atomic E-state index is 13.1. The predicted molar refractivity (Wildman–Crippen MR) is 121 cm³/mol. The first kappa shape index (κ1) is 21.6. The van der Waals surface area contributed by atoms with Crippen molar-refractivity contribution in [2.24, 2.45) is 24.3 Å². The fourth-order valence-corrected chi connectivity index (χ4v) is 7.67. The Hall–Kier alpha value is -2.23. The Bertz CT molecular complexity index is 1090. The Morgan fingerprint density at radius 2 is 1.97 bits per heavy atom. The number of aryl methyl sites for hydroxylation is 2. The molecule has 1 N–H and O–H groups in total. The molecule has 0 saturated heterocycles. The highest BCUT2D eigenvalue weighted by atomic mass is 79.9. The van der Waals surface area contributed by atoms with Gasteiger partial charge in [-0.2, -0.15) is 9.78 Å². The van der Waals surface area contributed by atoms with Crippen molar-refractivity contribution in [2.45, 2.75) is 70.9 Å². The van der Waals surface area contributed by atoms with Gasteiger partial charge in [0, 0.05) is 31.3 Å². The van der Waals surface area contributed by atoms with Crippen LogP contribution in [0.1, 0.15) is 61.9 Å². The molecule has 4 aliphatic carbocycles. The van der Waals surface area contributed by atoms with E-state index < -0.39 is 4.92 Å². The number of aromatic nitrogens is 4. The molecule has 2 aromatic heterocycles. The maximum atomic E-state index is 13.1. The largest absolute Gasteiger partial charge is 0.404 e. The van der Waals surface area contributed by atoms with Crippen LogP contribution in [-0.4, -0.2) is 30.4 Å². The van der Waals surface area contributed by atoms with E-state index in [4.69, 9.17) is 0 Å². The zero-order valence-electron chi connectivity index (χ0n) is 18.7. The van der Waals surface area contributed by atoms with Crippen LogP contribution in [0.25, 0.3) is 0 Å². The molecule has 2 unspecified atom stereocenters. The number of nitrogens with one attached hydrogen (secondary N) is 1. The lowest BCUT2D eigenvalue weighted by atomic mass is 9.46. The summed E-state index contributed by atoms with van der Waals surface area (Å²) in [5, 5.41) is 23.3. The summed E-state index contributed by atoms with van der Waals surface area (Å²) in [5.74, 6) is 1.05. The quantitative estimate of drug-likeness (QED) is 0.473. The van der Waals surface area contributed by atoms with Gasteiger partial charge < -0.3 is 15.4 Å². The summed E-state index contributed by atoms with van der Waals surface area (Å²) in [7, 11) is 1.92. The molecule has 2 heterocycles. The van der Waals surface area contributed by atoms with Crippen molar-refractivity contribution in [3.63, 3.8) is 0 Å². The molecule has 4 fully saturated rings. The van der Waals surface area contributed by atoms with Crippen molar-refractivity contribution in [3.05, 3.63) is 37.7 Å². The molecule has 9 nitrogen and oxygen atoms in total. The Balaban J connectivity index is 1.35. The third kappa shape index (κ3) is 3.47. The fraction of sp³-hybridized carbons (Fsp3) is 0.682. The van der Waals surface area contributed by atoms with Gasteiger partial charge in [-0.1, -0.05) is 0 Å². The van der Waals surface area contributed by atoms with E-state index in [1.54, 1.807) is 6.20 Å². The third-order valence-corrected chi connectivity index (χ3v) is 8.68. The topological polar surface area (TPSA) is 108 Å². The van der Waals surface area contributed by atoms with Gasteiger partial charge in [0.25, 0.3) is 0 Å². The average molecular weight is 505 g/mol. The van der Waals surface area contributed by atoms with Gasteiger partial charge in [-0.15, -0.1) is 0 Å². The lowest BCUT2D eigenvalue weighted by Crippen LogP contribution is -2.57. The average Bonchev–Trinajstić information content (AvgIpc) is 3.19. The van der Waals surface area contributed by atoms with E-state index in [2.05, 4.69) is 31.4 Å². The van der Waals surface area contributed by atoms with Gasteiger partial charge in [0.1, 0.15) is 4.47 Å². The molecule has 4 bridgehead atoms. The van der Waals surface area contributed by atoms with Crippen LogP contribution >= 0.6 is 15.9 Å². The van der Waals surface area contributed by atoms with Crippen LogP contribution in [0, 0.1) is 41.2 Å². The summed E-state index contributed by atoms with van der Waals surface area (Å²) in [6.07, 6.45) is 8.44. The van der Waals surface area contributed by atoms with Gasteiger partial charge in [0.05, 0.1) is 22.5 Å². The van der Waals surface area contributed by atoms with Crippen molar-refractivity contribution >= 4 is 27.7 Å². The van der Waals surface area contributed by atoms with Crippen molar-refractivity contribution in [1.29, 1.82) is 0 Å². The fourth-order valence-electron chi connectivity index (χ4n) is 7.25. The van der Waals surface area contributed by atoms with Gasteiger partial charge in [-0.05, 0) is 90.5 Å². The van der Waals surface area contributed by atoms with Crippen LogP contribution in [0.4, 0.5) is 5.82 Å². The summed E-state index contributed by atoms with van der Waals surface area (Å²) in [5.41, 5.74) is 2.82. The standard InChI is InChI=1S/C22H29BrN6O3/c1-13-17(14(2)27(3)25-13)10-24-19(30)9-21-5-15-4-16(6-21)8-22(7-15,12-21)28-11-18(23)20(26-28)29(31)32/h11,15-16H,4-10,12H2,1-3H3,(H,24,30). The molecule has 0 aromatic carbocycles. The second kappa shape index (κ2) is 7.40. The first-order chi connectivity index (χ1) is 15.1. The lowest BCUT2D eigenvalue weighted by molar-refractivity contribution is -0.390. The number of hydrogen-bond donors (Lipinski definition) is 1. The summed E-state index contributed by atoms with van der Waals surface area (Å²) in [6, 6.07) is 0. The van der Waals surface area contributed by atoms with Crippen LogP contribution in [-0.2, 0) is 23.9 Å². The first-order valence-electron chi connectivity index (χ1n) is 11.3. The SMILES string of the molecule is Cc1nn(C)c(C)c1CNC(=O)CC12CC3CC(C1)CC(n1cc(Br)c([N+](=O)[O-])n1)(C3)C2. The van der Waals surface area contributed by atoms with Crippen molar-refractivity contribution in [3.8, 4) is 0 Å². The molecule has 2 aromatic rings. The minimum Gasteiger partial charge on any atom is -0.358 e. The van der Waals surface area contributed by atoms with Crippen LogP contribution in [0.5, 0.6) is 0 Å². The van der Waals surface area contributed by atoms with Gasteiger partial charge in [-0.3, -0.25) is 9.48 Å². The number of carbonyl (C=O) groups is 1. The zero-order chi connectivity index (χ0) is 22.8. The Morgan fingerprint density at radius 1 is 1.28 bits per heavy atom. The predicted octanol–water partition coefficient (Wildman–Crippen LogP) is 3.91. The molecule has 10 heteroatoms. The van der Waals surface area contributed by atoms with Crippen LogP contribution in [0.15, 0.2) is 10.7 Å². The smallest absolute Gasteiger partial charge is 0.358 e. The molecule has 4 saturated carbocycles. The summed E-state index contributed by atoms with van der Waals surface area (Å²) in [6.45, 7) is 4.49. The monoisotopic (exact) mass is 504 g/mol. The van der Waals surface area contributed by atoms with E-state index in [1.807, 2.05) is 30.3 Å². The van der Waals surface area contributed by atoms with Crippen LogP contribution in [0.2, 0.25) is 0 Å². The minimum absolute atomic E-state index is 0.0552. The molecule has 172 valence electrons. The number of carbonyl (C=O) groups excluding carboxylic acids is 1. The Labute approximate surface area is 195 Å². The van der Waals surface area contributed by atoms with E-state index in [0.717, 1.165) is 49.1 Å². The number of nitro groups is 1. The molecular formula is C22H29BrN6O3. The number of rotatable bonds is 6. The number of hydrogen-bond acceptors (Lipinski definition) is 5. The van der Waals surface area contributed by atoms with Crippen LogP contribution < -0.4 is 5.32 Å². The molecule has 0 aliphatic heterocycles. The Kier molecular flexibility index (Phi) is 4.99. The molecule has 0 radical (unpaired) electrons. The zero-order valence-corrected chi connectivity index (χ0v) is 20.3. The highest BCUT2D eigenvalue weighted by molar-refractivity contribution is 9.10. The van der Waals surface area contributed by atoms with Gasteiger partial charge in [-0.25, -0.2) is 0 Å². The lowest BCUT2D eigenvalue weighted by Gasteiger charge is -2.61. The number of amides is 1. The molecule has 32 heavy (non-hydrogen) atoms. The summed E-state index contributed by atoms with van der Waals surface area (Å²) < 4.78 is 4.12. The third-order valence-electron chi connectivity index (χ3n) is 8.12. The van der Waals surface area contributed by atoms with Gasteiger partial charge >= 0.3 is 5.82 Å². The van der Waals surface area contributed by atoms with Crippen LogP contribution in [0.3, 0.4) is 0 Å². The summed E-state index contributed by atoms with van der Waals surface area (Å²) in [4.78, 5) is 24.0. The molecule has 1 amide bonds. The van der Waals surface area contributed by atoms with Gasteiger partial charge in [0.2, 0.25) is 5.91 Å². The summed E-state index contributed by atoms with van der Waals surface area (Å²) >= 11 is 3.31. The van der Waals surface area contributed by atoms with E-state index in [-0.39, 0.29) is 22.7 Å². The van der Waals surface area contributed by atoms with E-state index in [0.29, 0.717) is 29.3 Å². The molecular weight excluding hydrogens is 476 g/mol. The Morgan fingerprint density at radius 3 is 2.53 bits per heavy atom. The normalized spacial score (nSPS) is 30.6. The molecule has 4 aliphatic rings. The highest BCUT2D eigenvalue weighted by Gasteiger charge is 2.60. The number of halogens is 1. The van der Waals surface area contributed by atoms with Crippen molar-refractivity contribution < 1.29 is 9.72 Å². The van der Waals surface area contributed by atoms with E-state index >= 15 is 0 Å². The van der Waals surface area contributed by atoms with Gasteiger partial charge in [0.15, 0.2) is 0 Å². The van der Waals surface area contributed by atoms with E-state index in [9.17, 15) is 14.9 Å². The molecule has 0 spiro atoms. The number of nitrogens with zero attached hydrogens (tertiary/aromatic N) is 5. The highest BCUT2D eigenvalue weighted by Crippen LogP contribution is 2.65. The van der Waals surface area contributed by atoms with E-state index in [1.165, 1.54) is 6.42 Å². The van der Waals surface area contributed by atoms with Crippen molar-refractivity contribution in [1.82, 2.24) is 24.9 Å². The first-order valence-corrected chi connectivity index (χ1v) is 12.0. The molecule has 6 rings (SSSR count). The van der Waals surface area contributed by atoms with Crippen molar-refractivity contribution in [2.75, 3.05) is 0 Å². The second-order valence-corrected chi connectivity index (χ2v) is 11.3. The maximum Gasteiger partial charge on any atom is 0.404 e. The molecule has 2 atom stereocenters.